The van der Waals surface area contributed by atoms with Crippen molar-refractivity contribution in [3.8, 4) is 0 Å². The molecular formula is C16H26. The Kier molecular flexibility index (Phi) is 4.18. The van der Waals surface area contributed by atoms with E-state index in [0.717, 1.165) is 0 Å². The average Bonchev–Trinajstić information content (AvgIpc) is 2.18. The minimum Gasteiger partial charge on any atom is -0.0810 e. The maximum absolute atomic E-state index is 2.37. The normalized spacial score (nSPS) is 37.8. The Morgan fingerprint density at radius 1 is 1.12 bits per heavy atom. The lowest BCUT2D eigenvalue weighted by molar-refractivity contribution is 0.380. The van der Waals surface area contributed by atoms with Crippen LogP contribution >= 0.6 is 0 Å². The van der Waals surface area contributed by atoms with E-state index in [0.29, 0.717) is 17.8 Å². The molecule has 0 heteroatoms. The smallest absolute Gasteiger partial charge is 0.00590 e. The summed E-state index contributed by atoms with van der Waals surface area (Å²) >= 11 is 0. The standard InChI is InChI=1S/C16H26/c1-12(2)15-8-10-16(6,13(3)4)9-7-14(5)11-15/h7-14H,1-6H3/b9-7-,10-8-,15-11+. The summed E-state index contributed by atoms with van der Waals surface area (Å²) in [5, 5.41) is 0. The van der Waals surface area contributed by atoms with E-state index in [2.05, 4.69) is 71.9 Å². The van der Waals surface area contributed by atoms with Gasteiger partial charge in [-0.3, -0.25) is 0 Å². The molecule has 1 aliphatic rings. The van der Waals surface area contributed by atoms with Gasteiger partial charge in [-0.1, -0.05) is 71.9 Å². The zero-order valence-electron chi connectivity index (χ0n) is 11.6. The van der Waals surface area contributed by atoms with Crippen molar-refractivity contribution < 1.29 is 0 Å². The fraction of sp³-hybridized carbons (Fsp3) is 0.625. The van der Waals surface area contributed by atoms with E-state index in [1.165, 1.54) is 5.57 Å². The molecule has 0 saturated heterocycles. The van der Waals surface area contributed by atoms with E-state index in [1.807, 2.05) is 0 Å². The highest BCUT2D eigenvalue weighted by molar-refractivity contribution is 5.29. The molecule has 0 aromatic heterocycles. The van der Waals surface area contributed by atoms with Crippen molar-refractivity contribution in [2.75, 3.05) is 0 Å². The molecule has 0 fully saturated rings. The van der Waals surface area contributed by atoms with Gasteiger partial charge in [0.05, 0.1) is 0 Å². The quantitative estimate of drug-likeness (QED) is 0.573. The number of hydrogen-bond donors (Lipinski definition) is 0. The largest absolute Gasteiger partial charge is 0.0810 e. The second-order valence-corrected chi connectivity index (χ2v) is 5.89. The molecule has 1 aliphatic carbocycles. The molecule has 90 valence electrons. The summed E-state index contributed by atoms with van der Waals surface area (Å²) in [6, 6.07) is 0. The van der Waals surface area contributed by atoms with Gasteiger partial charge in [-0.2, -0.15) is 0 Å². The second-order valence-electron chi connectivity index (χ2n) is 5.89. The average molecular weight is 218 g/mol. The van der Waals surface area contributed by atoms with Crippen molar-refractivity contribution >= 4 is 0 Å². The van der Waals surface area contributed by atoms with Gasteiger partial charge in [-0.15, -0.1) is 0 Å². The third-order valence-electron chi connectivity index (χ3n) is 3.76. The molecule has 0 aromatic carbocycles. The molecule has 0 aliphatic heterocycles. The van der Waals surface area contributed by atoms with Crippen LogP contribution < -0.4 is 0 Å². The zero-order chi connectivity index (χ0) is 12.3. The summed E-state index contributed by atoms with van der Waals surface area (Å²) < 4.78 is 0. The molecular weight excluding hydrogens is 192 g/mol. The Balaban J connectivity index is 3.09. The highest BCUT2D eigenvalue weighted by atomic mass is 14.3. The lowest BCUT2D eigenvalue weighted by atomic mass is 9.76. The van der Waals surface area contributed by atoms with Crippen molar-refractivity contribution in [3.63, 3.8) is 0 Å². The van der Waals surface area contributed by atoms with Gasteiger partial charge in [-0.05, 0) is 23.3 Å². The van der Waals surface area contributed by atoms with Crippen LogP contribution in [0.4, 0.5) is 0 Å². The molecule has 0 nitrogen and oxygen atoms in total. The first kappa shape index (κ1) is 13.3. The molecule has 0 aromatic rings. The molecule has 0 radical (unpaired) electrons. The maximum Gasteiger partial charge on any atom is 0.00590 e. The molecule has 0 bridgehead atoms. The molecule has 0 N–H and O–H groups in total. The van der Waals surface area contributed by atoms with Gasteiger partial charge >= 0.3 is 0 Å². The predicted molar refractivity (Wildman–Crippen MR) is 73.3 cm³/mol. The summed E-state index contributed by atoms with van der Waals surface area (Å²) in [4.78, 5) is 0. The van der Waals surface area contributed by atoms with Crippen molar-refractivity contribution in [2.24, 2.45) is 23.2 Å². The lowest BCUT2D eigenvalue weighted by Gasteiger charge is -2.29. The first-order chi connectivity index (χ1) is 7.35. The Morgan fingerprint density at radius 2 is 1.75 bits per heavy atom. The highest BCUT2D eigenvalue weighted by Gasteiger charge is 2.23. The van der Waals surface area contributed by atoms with Crippen molar-refractivity contribution in [1.82, 2.24) is 0 Å². The van der Waals surface area contributed by atoms with Crippen molar-refractivity contribution in [1.29, 1.82) is 0 Å². The summed E-state index contributed by atoms with van der Waals surface area (Å²) in [5.41, 5.74) is 1.66. The number of rotatable bonds is 2. The van der Waals surface area contributed by atoms with Crippen molar-refractivity contribution in [3.05, 3.63) is 36.0 Å². The molecule has 0 saturated carbocycles. The third kappa shape index (κ3) is 3.10. The van der Waals surface area contributed by atoms with Crippen LogP contribution in [-0.4, -0.2) is 0 Å². The van der Waals surface area contributed by atoms with Crippen LogP contribution in [0.3, 0.4) is 0 Å². The Labute approximate surface area is 101 Å². The first-order valence-corrected chi connectivity index (χ1v) is 6.45. The number of hydrogen-bond acceptors (Lipinski definition) is 0. The van der Waals surface area contributed by atoms with Crippen LogP contribution in [0.25, 0.3) is 0 Å². The van der Waals surface area contributed by atoms with Crippen molar-refractivity contribution in [2.45, 2.75) is 41.5 Å². The SMILES string of the molecule is CC1/C=C\C(C)(C(C)C)/C=C\C(C(C)C)=C/1. The third-order valence-corrected chi connectivity index (χ3v) is 3.76. The Morgan fingerprint density at radius 3 is 2.25 bits per heavy atom. The van der Waals surface area contributed by atoms with Gasteiger partial charge in [0.25, 0.3) is 0 Å². The molecule has 16 heavy (non-hydrogen) atoms. The minimum absolute atomic E-state index is 0.197. The minimum atomic E-state index is 0.197. The molecule has 0 spiro atoms. The van der Waals surface area contributed by atoms with Gasteiger partial charge in [0, 0.05) is 5.41 Å². The summed E-state index contributed by atoms with van der Waals surface area (Å²) in [7, 11) is 0. The molecule has 1 rings (SSSR count). The monoisotopic (exact) mass is 218 g/mol. The van der Waals surface area contributed by atoms with E-state index in [-0.39, 0.29) is 5.41 Å². The van der Waals surface area contributed by atoms with Gasteiger partial charge in [-0.25, -0.2) is 0 Å². The van der Waals surface area contributed by atoms with E-state index in [1.54, 1.807) is 0 Å². The van der Waals surface area contributed by atoms with Gasteiger partial charge in [0.15, 0.2) is 0 Å². The fourth-order valence-corrected chi connectivity index (χ4v) is 1.87. The van der Waals surface area contributed by atoms with Crippen LogP contribution in [0, 0.1) is 23.2 Å². The van der Waals surface area contributed by atoms with Crippen LogP contribution in [0.15, 0.2) is 36.0 Å². The van der Waals surface area contributed by atoms with Crippen LogP contribution in [0.1, 0.15) is 41.5 Å². The summed E-state index contributed by atoms with van der Waals surface area (Å²) in [6.07, 6.45) is 11.8. The van der Waals surface area contributed by atoms with Crippen LogP contribution in [0.5, 0.6) is 0 Å². The Hall–Kier alpha value is -0.780. The van der Waals surface area contributed by atoms with E-state index >= 15 is 0 Å². The molecule has 2 atom stereocenters. The first-order valence-electron chi connectivity index (χ1n) is 6.45. The van der Waals surface area contributed by atoms with E-state index in [9.17, 15) is 0 Å². The molecule has 0 heterocycles. The molecule has 2 unspecified atom stereocenters. The van der Waals surface area contributed by atoms with Crippen LogP contribution in [0.2, 0.25) is 0 Å². The topological polar surface area (TPSA) is 0 Å². The lowest BCUT2D eigenvalue weighted by Crippen LogP contribution is -2.19. The number of allylic oxidation sites excluding steroid dienone is 6. The van der Waals surface area contributed by atoms with Gasteiger partial charge < -0.3 is 0 Å². The van der Waals surface area contributed by atoms with Gasteiger partial charge in [0.1, 0.15) is 0 Å². The van der Waals surface area contributed by atoms with Crippen LogP contribution in [-0.2, 0) is 0 Å². The maximum atomic E-state index is 2.37. The fourth-order valence-electron chi connectivity index (χ4n) is 1.87. The van der Waals surface area contributed by atoms with E-state index in [4.69, 9.17) is 0 Å². The summed E-state index contributed by atoms with van der Waals surface area (Å²) in [6.45, 7) is 13.7. The predicted octanol–water partition coefficient (Wildman–Crippen LogP) is 4.99. The Bertz CT molecular complexity index is 315. The highest BCUT2D eigenvalue weighted by Crippen LogP contribution is 2.33. The summed E-state index contributed by atoms with van der Waals surface area (Å²) in [5.74, 6) is 1.79. The second kappa shape index (κ2) is 5.03. The molecule has 0 amide bonds. The van der Waals surface area contributed by atoms with E-state index < -0.39 is 0 Å². The van der Waals surface area contributed by atoms with Gasteiger partial charge in [0.2, 0.25) is 0 Å². The zero-order valence-corrected chi connectivity index (χ0v) is 11.6.